The highest BCUT2D eigenvalue weighted by Crippen LogP contribution is 2.55. The van der Waals surface area contributed by atoms with Gasteiger partial charge in [-0.05, 0) is 59.2 Å². The molecular weight excluding hydrogens is 432 g/mol. The van der Waals surface area contributed by atoms with Gasteiger partial charge in [0, 0.05) is 42.7 Å². The van der Waals surface area contributed by atoms with Crippen molar-refractivity contribution in [2.45, 2.75) is 58.0 Å². The van der Waals surface area contributed by atoms with E-state index in [1.54, 1.807) is 6.07 Å². The van der Waals surface area contributed by atoms with E-state index in [-0.39, 0.29) is 10.8 Å². The number of aryl methyl sites for hydroxylation is 1. The van der Waals surface area contributed by atoms with Gasteiger partial charge in [-0.3, -0.25) is 0 Å². The molecule has 2 aliphatic heterocycles. The quantitative estimate of drug-likeness (QED) is 0.472. The summed E-state index contributed by atoms with van der Waals surface area (Å²) in [6.45, 7) is 11.7. The van der Waals surface area contributed by atoms with Gasteiger partial charge < -0.3 is 15.3 Å². The van der Waals surface area contributed by atoms with E-state index in [1.165, 1.54) is 22.4 Å². The zero-order chi connectivity index (χ0) is 24.8. The van der Waals surface area contributed by atoms with Gasteiger partial charge in [0.1, 0.15) is 0 Å². The number of carboxylic acid groups (broad SMARTS) is 1. The summed E-state index contributed by atoms with van der Waals surface area (Å²) in [6, 6.07) is 25.6. The highest BCUT2D eigenvalue weighted by molar-refractivity contribution is 5.87. The predicted molar refractivity (Wildman–Crippen MR) is 142 cm³/mol. The van der Waals surface area contributed by atoms with Crippen molar-refractivity contribution in [3.63, 3.8) is 0 Å². The minimum atomic E-state index is -0.879. The van der Waals surface area contributed by atoms with Gasteiger partial charge in [-0.1, -0.05) is 75.4 Å². The Bertz CT molecular complexity index is 1230. The first-order chi connectivity index (χ1) is 16.7. The second kappa shape index (κ2) is 8.83. The molecule has 3 atom stereocenters. The third-order valence-corrected chi connectivity index (χ3v) is 7.83. The molecule has 2 heterocycles. The summed E-state index contributed by atoms with van der Waals surface area (Å²) in [5.74, 6) is -0.511. The average Bonchev–Trinajstić information content (AvgIpc) is 3.31. The van der Waals surface area contributed by atoms with E-state index in [1.807, 2.05) is 18.2 Å². The van der Waals surface area contributed by atoms with Crippen LogP contribution in [0.1, 0.15) is 65.7 Å². The van der Waals surface area contributed by atoms with Crippen LogP contribution in [0.2, 0.25) is 0 Å². The lowest BCUT2D eigenvalue weighted by atomic mass is 9.64. The van der Waals surface area contributed by atoms with Gasteiger partial charge in [-0.15, -0.1) is 0 Å². The molecule has 2 N–H and O–H groups in total. The molecule has 35 heavy (non-hydrogen) atoms. The molecule has 1 saturated heterocycles. The SMILES string of the molecule is Cc1ccc2c(c1)N(Cc1cccc(C(=O)O)c1)C[C@@]21[C@H](CC(C)(C)C)NC[C@@H]1c1ccccc1. The molecule has 3 aromatic rings. The van der Waals surface area contributed by atoms with E-state index in [9.17, 15) is 9.90 Å². The standard InChI is InChI=1S/C31H36N2O2/c1-21-13-14-25-27(15-21)33(19-22-9-8-12-24(16-22)29(34)35)20-31(25)26(23-10-6-5-7-11-23)18-32-28(31)17-30(2,3)4/h5-16,26,28,32H,17-20H2,1-4H3,(H,34,35)/t26-,28+,31-/m1/s1. The maximum atomic E-state index is 11.6. The van der Waals surface area contributed by atoms with E-state index in [0.29, 0.717) is 24.1 Å². The smallest absolute Gasteiger partial charge is 0.335 e. The van der Waals surface area contributed by atoms with Crippen LogP contribution in [0.3, 0.4) is 0 Å². The summed E-state index contributed by atoms with van der Waals surface area (Å²) >= 11 is 0. The molecule has 5 rings (SSSR count). The summed E-state index contributed by atoms with van der Waals surface area (Å²) < 4.78 is 0. The molecule has 0 aliphatic carbocycles. The number of nitrogens with one attached hydrogen (secondary N) is 1. The minimum absolute atomic E-state index is 0.0535. The minimum Gasteiger partial charge on any atom is -0.478 e. The fraction of sp³-hybridized carbons (Fsp3) is 0.387. The van der Waals surface area contributed by atoms with Crippen LogP contribution in [0.5, 0.6) is 0 Å². The van der Waals surface area contributed by atoms with Crippen LogP contribution in [-0.2, 0) is 12.0 Å². The van der Waals surface area contributed by atoms with Crippen LogP contribution in [0.4, 0.5) is 5.69 Å². The van der Waals surface area contributed by atoms with E-state index in [2.05, 4.69) is 86.4 Å². The first-order valence-corrected chi connectivity index (χ1v) is 12.6. The van der Waals surface area contributed by atoms with Crippen LogP contribution in [-0.4, -0.2) is 30.2 Å². The van der Waals surface area contributed by atoms with Crippen molar-refractivity contribution < 1.29 is 9.90 Å². The van der Waals surface area contributed by atoms with E-state index in [4.69, 9.17) is 0 Å². The first-order valence-electron chi connectivity index (χ1n) is 12.6. The Morgan fingerprint density at radius 2 is 1.83 bits per heavy atom. The molecule has 0 bridgehead atoms. The van der Waals surface area contributed by atoms with Crippen LogP contribution < -0.4 is 10.2 Å². The molecule has 4 nitrogen and oxygen atoms in total. The second-order valence-corrected chi connectivity index (χ2v) is 11.6. The molecule has 1 spiro atoms. The number of benzene rings is 3. The number of carbonyl (C=O) groups is 1. The molecule has 3 aromatic carbocycles. The van der Waals surface area contributed by atoms with Crippen molar-refractivity contribution in [2.75, 3.05) is 18.0 Å². The Balaban J connectivity index is 1.62. The van der Waals surface area contributed by atoms with E-state index >= 15 is 0 Å². The lowest BCUT2D eigenvalue weighted by Crippen LogP contribution is -2.48. The lowest BCUT2D eigenvalue weighted by Gasteiger charge is -2.40. The Morgan fingerprint density at radius 1 is 1.06 bits per heavy atom. The van der Waals surface area contributed by atoms with Gasteiger partial charge in [-0.25, -0.2) is 4.79 Å². The summed E-state index contributed by atoms with van der Waals surface area (Å²) in [6.07, 6.45) is 1.09. The monoisotopic (exact) mass is 468 g/mol. The van der Waals surface area contributed by atoms with Gasteiger partial charge in [0.2, 0.25) is 0 Å². The van der Waals surface area contributed by atoms with Crippen molar-refractivity contribution in [3.8, 4) is 0 Å². The number of hydrogen-bond acceptors (Lipinski definition) is 3. The summed E-state index contributed by atoms with van der Waals surface area (Å²) in [5.41, 5.74) is 6.87. The number of rotatable bonds is 5. The molecular formula is C31H36N2O2. The van der Waals surface area contributed by atoms with Gasteiger partial charge >= 0.3 is 5.97 Å². The van der Waals surface area contributed by atoms with Crippen LogP contribution >= 0.6 is 0 Å². The highest BCUT2D eigenvalue weighted by Gasteiger charge is 2.57. The summed E-state index contributed by atoms with van der Waals surface area (Å²) in [7, 11) is 0. The van der Waals surface area contributed by atoms with Crippen molar-refractivity contribution in [3.05, 3.63) is 101 Å². The number of fused-ring (bicyclic) bond motifs is 2. The largest absolute Gasteiger partial charge is 0.478 e. The van der Waals surface area contributed by atoms with Crippen molar-refractivity contribution in [1.82, 2.24) is 5.32 Å². The Kier molecular flexibility index (Phi) is 5.96. The van der Waals surface area contributed by atoms with Crippen molar-refractivity contribution >= 4 is 11.7 Å². The molecule has 0 saturated carbocycles. The first kappa shape index (κ1) is 23.6. The average molecular weight is 469 g/mol. The maximum Gasteiger partial charge on any atom is 0.335 e. The normalized spacial score (nSPS) is 23.6. The third-order valence-electron chi connectivity index (χ3n) is 7.83. The number of hydrogen-bond donors (Lipinski definition) is 2. The van der Waals surface area contributed by atoms with Gasteiger partial charge in [0.25, 0.3) is 0 Å². The fourth-order valence-electron chi connectivity index (χ4n) is 6.38. The number of nitrogens with zero attached hydrogens (tertiary/aromatic N) is 1. The molecule has 1 fully saturated rings. The Hall–Kier alpha value is -3.11. The van der Waals surface area contributed by atoms with Gasteiger partial charge in [0.15, 0.2) is 0 Å². The van der Waals surface area contributed by atoms with Gasteiger partial charge in [-0.2, -0.15) is 0 Å². The van der Waals surface area contributed by atoms with Crippen molar-refractivity contribution in [1.29, 1.82) is 0 Å². The van der Waals surface area contributed by atoms with Crippen LogP contribution in [0.15, 0.2) is 72.8 Å². The fourth-order valence-corrected chi connectivity index (χ4v) is 6.38. The molecule has 0 amide bonds. The molecule has 4 heteroatoms. The zero-order valence-electron chi connectivity index (χ0n) is 21.2. The lowest BCUT2D eigenvalue weighted by molar-refractivity contribution is 0.0696. The molecule has 0 unspecified atom stereocenters. The number of carboxylic acids is 1. The summed E-state index contributed by atoms with van der Waals surface area (Å²) in [4.78, 5) is 14.1. The molecule has 0 aromatic heterocycles. The molecule has 0 radical (unpaired) electrons. The van der Waals surface area contributed by atoms with Crippen LogP contribution in [0.25, 0.3) is 0 Å². The topological polar surface area (TPSA) is 52.6 Å². The zero-order valence-corrected chi connectivity index (χ0v) is 21.2. The van der Waals surface area contributed by atoms with E-state index < -0.39 is 5.97 Å². The van der Waals surface area contributed by atoms with Crippen LogP contribution in [0, 0.1) is 12.3 Å². The van der Waals surface area contributed by atoms with Gasteiger partial charge in [0.05, 0.1) is 5.56 Å². The third kappa shape index (κ3) is 4.36. The Morgan fingerprint density at radius 3 is 2.54 bits per heavy atom. The summed E-state index contributed by atoms with van der Waals surface area (Å²) in [5, 5.41) is 13.5. The second-order valence-electron chi connectivity index (χ2n) is 11.6. The number of anilines is 1. The maximum absolute atomic E-state index is 11.6. The molecule has 182 valence electrons. The van der Waals surface area contributed by atoms with Crippen molar-refractivity contribution in [2.24, 2.45) is 5.41 Å². The predicted octanol–water partition coefficient (Wildman–Crippen LogP) is 6.14. The van der Waals surface area contributed by atoms with E-state index in [0.717, 1.165) is 25.1 Å². The molecule has 2 aliphatic rings. The highest BCUT2D eigenvalue weighted by atomic mass is 16.4. The number of aromatic carboxylic acids is 1. The Labute approximate surface area is 209 Å².